The minimum atomic E-state index is -0.424. The largest absolute Gasteiger partial charge is 0.444 e. The highest BCUT2D eigenvalue weighted by atomic mass is 16.6. The monoisotopic (exact) mass is 328 g/mol. The van der Waals surface area contributed by atoms with E-state index < -0.39 is 5.60 Å². The quantitative estimate of drug-likeness (QED) is 0.811. The predicted octanol–water partition coefficient (Wildman–Crippen LogP) is 3.43. The third-order valence-electron chi connectivity index (χ3n) is 4.23. The zero-order valence-electron chi connectivity index (χ0n) is 15.9. The van der Waals surface area contributed by atoms with Gasteiger partial charge >= 0.3 is 6.09 Å². The van der Waals surface area contributed by atoms with E-state index in [0.29, 0.717) is 6.04 Å². The fourth-order valence-electron chi connectivity index (χ4n) is 2.70. The molecule has 23 heavy (non-hydrogen) atoms. The first-order valence-electron chi connectivity index (χ1n) is 8.83. The van der Waals surface area contributed by atoms with Crippen LogP contribution in [0, 0.1) is 5.41 Å². The number of hydrogen-bond acceptors (Lipinski definition) is 4. The van der Waals surface area contributed by atoms with Crippen molar-refractivity contribution in [2.45, 2.75) is 71.9 Å². The SMILES string of the molecule is COCCC(C)(C)CNC1CCCN(C(=O)OC(C)(C)C)CC1. The van der Waals surface area contributed by atoms with Crippen LogP contribution in [0.15, 0.2) is 0 Å². The molecule has 1 unspecified atom stereocenters. The minimum Gasteiger partial charge on any atom is -0.444 e. The second kappa shape index (κ2) is 8.88. The molecule has 5 nitrogen and oxygen atoms in total. The summed E-state index contributed by atoms with van der Waals surface area (Å²) in [6.45, 7) is 13.6. The van der Waals surface area contributed by atoms with Gasteiger partial charge in [-0.25, -0.2) is 4.79 Å². The second-order valence-corrected chi connectivity index (χ2v) is 8.38. The van der Waals surface area contributed by atoms with Crippen LogP contribution in [0.1, 0.15) is 60.3 Å². The molecule has 1 N–H and O–H groups in total. The summed E-state index contributed by atoms with van der Waals surface area (Å²) in [6, 6.07) is 0.476. The fourth-order valence-corrected chi connectivity index (χ4v) is 2.70. The van der Waals surface area contributed by atoms with Crippen molar-refractivity contribution in [3.05, 3.63) is 0 Å². The molecule has 1 aliphatic heterocycles. The van der Waals surface area contributed by atoms with Crippen LogP contribution in [-0.2, 0) is 9.47 Å². The number of carbonyl (C=O) groups excluding carboxylic acids is 1. The number of amides is 1. The van der Waals surface area contributed by atoms with E-state index in [9.17, 15) is 4.79 Å². The number of nitrogens with one attached hydrogen (secondary N) is 1. The lowest BCUT2D eigenvalue weighted by atomic mass is 9.89. The van der Waals surface area contributed by atoms with Crippen molar-refractivity contribution < 1.29 is 14.3 Å². The van der Waals surface area contributed by atoms with Crippen molar-refractivity contribution in [2.24, 2.45) is 5.41 Å². The Morgan fingerprint density at radius 2 is 1.87 bits per heavy atom. The first kappa shape index (κ1) is 20.2. The smallest absolute Gasteiger partial charge is 0.410 e. The second-order valence-electron chi connectivity index (χ2n) is 8.38. The Kier molecular flexibility index (Phi) is 7.81. The molecule has 1 heterocycles. The third kappa shape index (κ3) is 8.56. The van der Waals surface area contributed by atoms with Crippen LogP contribution >= 0.6 is 0 Å². The van der Waals surface area contributed by atoms with E-state index in [1.807, 2.05) is 25.7 Å². The van der Waals surface area contributed by atoms with Crippen LogP contribution in [0.5, 0.6) is 0 Å². The molecule has 1 saturated heterocycles. The van der Waals surface area contributed by atoms with Crippen LogP contribution in [0.3, 0.4) is 0 Å². The number of rotatable bonds is 6. The molecule has 0 spiro atoms. The van der Waals surface area contributed by atoms with Gasteiger partial charge in [0.15, 0.2) is 0 Å². The molecule has 0 aromatic heterocycles. The maximum Gasteiger partial charge on any atom is 0.410 e. The first-order chi connectivity index (χ1) is 10.6. The van der Waals surface area contributed by atoms with Gasteiger partial charge in [-0.15, -0.1) is 0 Å². The predicted molar refractivity (Wildman–Crippen MR) is 93.7 cm³/mol. The summed E-state index contributed by atoms with van der Waals surface area (Å²) in [5.41, 5.74) is -0.195. The molecule has 5 heteroatoms. The van der Waals surface area contributed by atoms with Gasteiger partial charge in [0.05, 0.1) is 0 Å². The Balaban J connectivity index is 2.39. The molecule has 1 amide bonds. The lowest BCUT2D eigenvalue weighted by Crippen LogP contribution is -2.39. The summed E-state index contributed by atoms with van der Waals surface area (Å²) in [7, 11) is 1.75. The van der Waals surface area contributed by atoms with Crippen LogP contribution < -0.4 is 5.32 Å². The van der Waals surface area contributed by atoms with Crippen LogP contribution in [0.2, 0.25) is 0 Å². The molecule has 0 aromatic carbocycles. The van der Waals surface area contributed by atoms with E-state index in [2.05, 4.69) is 19.2 Å². The normalized spacial score (nSPS) is 20.3. The molecular weight excluding hydrogens is 292 g/mol. The number of methoxy groups -OCH3 is 1. The van der Waals surface area contributed by atoms with E-state index in [0.717, 1.165) is 51.9 Å². The average molecular weight is 328 g/mol. The molecular formula is C18H36N2O3. The molecule has 1 fully saturated rings. The summed E-state index contributed by atoms with van der Waals surface area (Å²) in [4.78, 5) is 14.0. The molecule has 136 valence electrons. The molecule has 0 saturated carbocycles. The topological polar surface area (TPSA) is 50.8 Å². The van der Waals surface area contributed by atoms with Gasteiger partial charge in [0, 0.05) is 39.4 Å². The van der Waals surface area contributed by atoms with E-state index in [1.54, 1.807) is 7.11 Å². The minimum absolute atomic E-state index is 0.182. The van der Waals surface area contributed by atoms with Gasteiger partial charge in [0.2, 0.25) is 0 Å². The van der Waals surface area contributed by atoms with Gasteiger partial charge < -0.3 is 19.7 Å². The van der Waals surface area contributed by atoms with Gasteiger partial charge in [-0.2, -0.15) is 0 Å². The van der Waals surface area contributed by atoms with E-state index in [4.69, 9.17) is 9.47 Å². The summed E-state index contributed by atoms with van der Waals surface area (Å²) in [6.07, 6.45) is 3.99. The molecule has 1 rings (SSSR count). The zero-order valence-corrected chi connectivity index (χ0v) is 15.9. The molecule has 0 radical (unpaired) electrons. The van der Waals surface area contributed by atoms with Crippen LogP contribution in [0.4, 0.5) is 4.79 Å². The Morgan fingerprint density at radius 3 is 2.48 bits per heavy atom. The number of hydrogen-bond donors (Lipinski definition) is 1. The summed E-state index contributed by atoms with van der Waals surface area (Å²) in [5.74, 6) is 0. The highest BCUT2D eigenvalue weighted by Gasteiger charge is 2.26. The Hall–Kier alpha value is -0.810. The number of likely N-dealkylation sites (tertiary alicyclic amines) is 1. The molecule has 0 bridgehead atoms. The lowest BCUT2D eigenvalue weighted by molar-refractivity contribution is 0.0255. The summed E-state index contributed by atoms with van der Waals surface area (Å²) >= 11 is 0. The summed E-state index contributed by atoms with van der Waals surface area (Å²) in [5, 5.41) is 3.68. The van der Waals surface area contributed by atoms with Crippen molar-refractivity contribution in [3.63, 3.8) is 0 Å². The summed E-state index contributed by atoms with van der Waals surface area (Å²) < 4.78 is 10.7. The molecule has 0 aromatic rings. The maximum absolute atomic E-state index is 12.2. The van der Waals surface area contributed by atoms with Gasteiger partial charge in [-0.1, -0.05) is 13.8 Å². The number of ether oxygens (including phenoxy) is 2. The Labute approximate surface area is 142 Å². The van der Waals surface area contributed by atoms with Gasteiger partial charge in [-0.3, -0.25) is 0 Å². The van der Waals surface area contributed by atoms with Crippen LogP contribution in [-0.4, -0.2) is 56.0 Å². The highest BCUT2D eigenvalue weighted by Crippen LogP contribution is 2.21. The van der Waals surface area contributed by atoms with E-state index in [1.165, 1.54) is 0 Å². The van der Waals surface area contributed by atoms with Crippen molar-refractivity contribution in [3.8, 4) is 0 Å². The van der Waals surface area contributed by atoms with Crippen molar-refractivity contribution >= 4 is 6.09 Å². The van der Waals surface area contributed by atoms with E-state index >= 15 is 0 Å². The number of nitrogens with zero attached hydrogens (tertiary/aromatic N) is 1. The first-order valence-corrected chi connectivity index (χ1v) is 8.83. The Morgan fingerprint density at radius 1 is 1.17 bits per heavy atom. The molecule has 1 aliphatic rings. The van der Waals surface area contributed by atoms with Crippen molar-refractivity contribution in [1.82, 2.24) is 10.2 Å². The van der Waals surface area contributed by atoms with Gasteiger partial charge in [-0.05, 0) is 51.9 Å². The molecule has 0 aliphatic carbocycles. The van der Waals surface area contributed by atoms with E-state index in [-0.39, 0.29) is 11.5 Å². The third-order valence-corrected chi connectivity index (χ3v) is 4.23. The molecule has 1 atom stereocenters. The standard InChI is InChI=1S/C18H36N2O3/c1-17(2,3)23-16(21)20-11-7-8-15(9-12-20)19-14-18(4,5)10-13-22-6/h15,19H,7-14H2,1-6H3. The number of carbonyl (C=O) groups is 1. The van der Waals surface area contributed by atoms with Gasteiger partial charge in [0.1, 0.15) is 5.60 Å². The fraction of sp³-hybridized carbons (Fsp3) is 0.944. The highest BCUT2D eigenvalue weighted by molar-refractivity contribution is 5.68. The zero-order chi connectivity index (χ0) is 17.5. The Bertz CT molecular complexity index is 364. The van der Waals surface area contributed by atoms with Crippen LogP contribution in [0.25, 0.3) is 0 Å². The maximum atomic E-state index is 12.2. The average Bonchev–Trinajstić information content (AvgIpc) is 2.67. The van der Waals surface area contributed by atoms with Crippen molar-refractivity contribution in [2.75, 3.05) is 33.4 Å². The van der Waals surface area contributed by atoms with Gasteiger partial charge in [0.25, 0.3) is 0 Å². The van der Waals surface area contributed by atoms with Crippen molar-refractivity contribution in [1.29, 1.82) is 0 Å². The lowest BCUT2D eigenvalue weighted by Gasteiger charge is -2.28.